The van der Waals surface area contributed by atoms with E-state index in [0.29, 0.717) is 6.10 Å². The first kappa shape index (κ1) is 9.00. The minimum absolute atomic E-state index is 0.198. The molecule has 0 unspecified atom stereocenters. The molecule has 0 aromatic carbocycles. The van der Waals surface area contributed by atoms with Crippen LogP contribution in [0.4, 0.5) is 0 Å². The maximum absolute atomic E-state index is 10.6. The number of hydrogen-bond acceptors (Lipinski definition) is 2. The highest BCUT2D eigenvalue weighted by atomic mass is 16.5. The Morgan fingerprint density at radius 3 is 2.38 bits per heavy atom. The molecule has 2 aliphatic rings. The van der Waals surface area contributed by atoms with Gasteiger partial charge in [0.2, 0.25) is 0 Å². The third-order valence-corrected chi connectivity index (χ3v) is 3.21. The largest absolute Gasteiger partial charge is 0.481 e. The molecule has 3 nitrogen and oxygen atoms in total. The SMILES string of the molecule is O=C(O)CC1(OC2CCC2)CCC1. The van der Waals surface area contributed by atoms with Crippen molar-refractivity contribution >= 4 is 5.97 Å². The van der Waals surface area contributed by atoms with Gasteiger partial charge < -0.3 is 9.84 Å². The van der Waals surface area contributed by atoms with Crippen molar-refractivity contribution in [2.75, 3.05) is 0 Å². The first-order chi connectivity index (χ1) is 6.20. The van der Waals surface area contributed by atoms with Crippen LogP contribution in [0.25, 0.3) is 0 Å². The quantitative estimate of drug-likeness (QED) is 0.726. The Balaban J connectivity index is 1.86. The maximum Gasteiger partial charge on any atom is 0.306 e. The van der Waals surface area contributed by atoms with E-state index in [2.05, 4.69) is 0 Å². The van der Waals surface area contributed by atoms with Crippen molar-refractivity contribution < 1.29 is 14.6 Å². The minimum atomic E-state index is -0.723. The number of carbonyl (C=O) groups is 1. The van der Waals surface area contributed by atoms with E-state index < -0.39 is 5.97 Å². The lowest BCUT2D eigenvalue weighted by Crippen LogP contribution is -2.46. The Kier molecular flexibility index (Phi) is 2.28. The predicted octanol–water partition coefficient (Wildman–Crippen LogP) is 1.95. The minimum Gasteiger partial charge on any atom is -0.481 e. The molecule has 2 saturated carbocycles. The van der Waals surface area contributed by atoms with E-state index in [1.807, 2.05) is 0 Å². The second-order valence-corrected chi connectivity index (χ2v) is 4.28. The average molecular weight is 184 g/mol. The molecule has 1 N–H and O–H groups in total. The van der Waals surface area contributed by atoms with Gasteiger partial charge in [-0.25, -0.2) is 0 Å². The van der Waals surface area contributed by atoms with Gasteiger partial charge in [-0.3, -0.25) is 4.79 Å². The molecule has 2 aliphatic carbocycles. The number of rotatable bonds is 4. The highest BCUT2D eigenvalue weighted by molar-refractivity contribution is 5.68. The average Bonchev–Trinajstić information content (AvgIpc) is 1.90. The number of aliphatic carboxylic acids is 1. The summed E-state index contributed by atoms with van der Waals surface area (Å²) in [6.07, 6.45) is 7.06. The van der Waals surface area contributed by atoms with Gasteiger partial charge in [-0.1, -0.05) is 0 Å². The van der Waals surface area contributed by atoms with E-state index in [0.717, 1.165) is 32.1 Å². The van der Waals surface area contributed by atoms with Crippen LogP contribution in [-0.4, -0.2) is 22.8 Å². The lowest BCUT2D eigenvalue weighted by molar-refractivity contribution is -0.177. The molecule has 2 fully saturated rings. The molecule has 0 amide bonds. The van der Waals surface area contributed by atoms with Crippen LogP contribution in [0.5, 0.6) is 0 Å². The molecular formula is C10H16O3. The van der Waals surface area contributed by atoms with E-state index in [1.54, 1.807) is 0 Å². The highest BCUT2D eigenvalue weighted by Gasteiger charge is 2.42. The Morgan fingerprint density at radius 1 is 1.38 bits per heavy atom. The fraction of sp³-hybridized carbons (Fsp3) is 0.900. The van der Waals surface area contributed by atoms with Crippen LogP contribution in [0.15, 0.2) is 0 Å². The third kappa shape index (κ3) is 1.85. The molecule has 0 atom stereocenters. The number of carboxylic acids is 1. The normalized spacial score (nSPS) is 26.2. The molecule has 0 bridgehead atoms. The Hall–Kier alpha value is -0.570. The summed E-state index contributed by atoms with van der Waals surface area (Å²) in [5, 5.41) is 8.74. The molecule has 3 heteroatoms. The van der Waals surface area contributed by atoms with Gasteiger partial charge in [0.05, 0.1) is 18.1 Å². The Morgan fingerprint density at radius 2 is 2.08 bits per heavy atom. The summed E-state index contributed by atoms with van der Waals surface area (Å²) < 4.78 is 5.84. The zero-order chi connectivity index (χ0) is 9.31. The van der Waals surface area contributed by atoms with E-state index >= 15 is 0 Å². The van der Waals surface area contributed by atoms with Crippen molar-refractivity contribution in [3.8, 4) is 0 Å². The van der Waals surface area contributed by atoms with Gasteiger partial charge in [0.1, 0.15) is 0 Å². The summed E-state index contributed by atoms with van der Waals surface area (Å²) >= 11 is 0. The van der Waals surface area contributed by atoms with Crippen molar-refractivity contribution in [1.82, 2.24) is 0 Å². The van der Waals surface area contributed by atoms with Crippen molar-refractivity contribution in [1.29, 1.82) is 0 Å². The van der Waals surface area contributed by atoms with Gasteiger partial charge in [0.15, 0.2) is 0 Å². The summed E-state index contributed by atoms with van der Waals surface area (Å²) in [4.78, 5) is 10.6. The molecule has 0 aromatic rings. The molecule has 0 radical (unpaired) electrons. The maximum atomic E-state index is 10.6. The molecular weight excluding hydrogens is 168 g/mol. The van der Waals surface area contributed by atoms with E-state index in [-0.39, 0.29) is 12.0 Å². The van der Waals surface area contributed by atoms with Crippen LogP contribution in [-0.2, 0) is 9.53 Å². The van der Waals surface area contributed by atoms with Crippen LogP contribution in [0.1, 0.15) is 44.9 Å². The van der Waals surface area contributed by atoms with Gasteiger partial charge in [0, 0.05) is 0 Å². The van der Waals surface area contributed by atoms with Crippen LogP contribution < -0.4 is 0 Å². The van der Waals surface area contributed by atoms with Crippen molar-refractivity contribution in [2.24, 2.45) is 0 Å². The van der Waals surface area contributed by atoms with Gasteiger partial charge in [-0.05, 0) is 38.5 Å². The van der Waals surface area contributed by atoms with Crippen LogP contribution in [0, 0.1) is 0 Å². The molecule has 0 spiro atoms. The zero-order valence-corrected chi connectivity index (χ0v) is 7.79. The second kappa shape index (κ2) is 3.29. The first-order valence-corrected chi connectivity index (χ1v) is 5.10. The Labute approximate surface area is 78.1 Å². The van der Waals surface area contributed by atoms with Crippen molar-refractivity contribution in [3.63, 3.8) is 0 Å². The van der Waals surface area contributed by atoms with E-state index in [9.17, 15) is 4.79 Å². The number of hydrogen-bond donors (Lipinski definition) is 1. The molecule has 0 aromatic heterocycles. The summed E-state index contributed by atoms with van der Waals surface area (Å²) in [5.74, 6) is -0.723. The topological polar surface area (TPSA) is 46.5 Å². The lowest BCUT2D eigenvalue weighted by Gasteiger charge is -2.45. The monoisotopic (exact) mass is 184 g/mol. The standard InChI is InChI=1S/C10H16O3/c11-9(12)7-10(5-2-6-10)13-8-3-1-4-8/h8H,1-7H2,(H,11,12). The van der Waals surface area contributed by atoms with Gasteiger partial charge in [0.25, 0.3) is 0 Å². The van der Waals surface area contributed by atoms with E-state index in [4.69, 9.17) is 9.84 Å². The van der Waals surface area contributed by atoms with Gasteiger partial charge in [-0.15, -0.1) is 0 Å². The summed E-state index contributed by atoms with van der Waals surface area (Å²) in [7, 11) is 0. The van der Waals surface area contributed by atoms with Gasteiger partial charge >= 0.3 is 5.97 Å². The smallest absolute Gasteiger partial charge is 0.306 e. The molecule has 74 valence electrons. The molecule has 2 rings (SSSR count). The fourth-order valence-electron chi connectivity index (χ4n) is 2.03. The van der Waals surface area contributed by atoms with Crippen molar-refractivity contribution in [3.05, 3.63) is 0 Å². The van der Waals surface area contributed by atoms with Crippen LogP contribution in [0.2, 0.25) is 0 Å². The third-order valence-electron chi connectivity index (χ3n) is 3.21. The van der Waals surface area contributed by atoms with Crippen LogP contribution in [0.3, 0.4) is 0 Å². The second-order valence-electron chi connectivity index (χ2n) is 4.28. The molecule has 0 saturated heterocycles. The molecule has 0 heterocycles. The summed E-state index contributed by atoms with van der Waals surface area (Å²) in [6.45, 7) is 0. The van der Waals surface area contributed by atoms with Crippen LogP contribution >= 0.6 is 0 Å². The highest BCUT2D eigenvalue weighted by Crippen LogP contribution is 2.42. The molecule has 0 aliphatic heterocycles. The summed E-state index contributed by atoms with van der Waals surface area (Å²) in [6, 6.07) is 0. The van der Waals surface area contributed by atoms with Gasteiger partial charge in [-0.2, -0.15) is 0 Å². The molecule has 13 heavy (non-hydrogen) atoms. The zero-order valence-electron chi connectivity index (χ0n) is 7.79. The van der Waals surface area contributed by atoms with E-state index in [1.165, 1.54) is 6.42 Å². The Bertz CT molecular complexity index is 204. The lowest BCUT2D eigenvalue weighted by atomic mass is 9.76. The first-order valence-electron chi connectivity index (χ1n) is 5.10. The number of carboxylic acid groups (broad SMARTS) is 1. The summed E-state index contributed by atoms with van der Waals surface area (Å²) in [5.41, 5.74) is -0.281. The fourth-order valence-corrected chi connectivity index (χ4v) is 2.03. The number of ether oxygens (including phenoxy) is 1. The van der Waals surface area contributed by atoms with Crippen molar-refractivity contribution in [2.45, 2.75) is 56.7 Å². The predicted molar refractivity (Wildman–Crippen MR) is 47.6 cm³/mol.